The van der Waals surface area contributed by atoms with Crippen molar-refractivity contribution in [1.82, 2.24) is 15.1 Å². The molecule has 0 aromatic heterocycles. The molecule has 1 heterocycles. The number of carbonyl (C=O) groups excluding carboxylic acids is 4. The van der Waals surface area contributed by atoms with Crippen LogP contribution in [0.5, 0.6) is 17.2 Å². The van der Waals surface area contributed by atoms with Gasteiger partial charge in [0.2, 0.25) is 0 Å². The van der Waals surface area contributed by atoms with Crippen LogP contribution in [0.3, 0.4) is 0 Å². The maximum atomic E-state index is 14.4. The summed E-state index contributed by atoms with van der Waals surface area (Å²) in [5.74, 6) is 1.19. The lowest BCUT2D eigenvalue weighted by molar-refractivity contribution is -0.155. The van der Waals surface area contributed by atoms with Crippen LogP contribution in [0.15, 0.2) is 60.7 Å². The van der Waals surface area contributed by atoms with Gasteiger partial charge < -0.3 is 39.8 Å². The Morgan fingerprint density at radius 3 is 2.18 bits per heavy atom. The van der Waals surface area contributed by atoms with E-state index in [0.717, 1.165) is 29.5 Å². The summed E-state index contributed by atoms with van der Waals surface area (Å²) in [6.07, 6.45) is 2.71. The standard InChI is InChI=1S/C42H55N5O8/c1-26-12-10-11-13-31(26)44-39(50)45-32-18-16-28(21-35(32)53-8)25-46-40(51)47(38(49)42(46,5)6)30(20-27-14-15-27)24-43-33(23-37(48)55-41(2,3)4)29-17-19-34(52-7)36(22-29)54-9/h10-13,16-19,21-22,27,30,33,43H,14-15,20,23-25H2,1-9H3,(H2,44,45,50). The number of imide groups is 1. The van der Waals surface area contributed by atoms with Crippen molar-refractivity contribution in [3.05, 3.63) is 77.4 Å². The quantitative estimate of drug-likeness (QED) is 0.100. The molecular formula is C42H55N5O8. The Bertz CT molecular complexity index is 1890. The summed E-state index contributed by atoms with van der Waals surface area (Å²) in [7, 11) is 4.62. The van der Waals surface area contributed by atoms with Crippen molar-refractivity contribution in [3.8, 4) is 17.2 Å². The molecule has 2 aliphatic rings. The molecule has 2 fully saturated rings. The molecule has 13 nitrogen and oxygen atoms in total. The zero-order chi connectivity index (χ0) is 40.1. The van der Waals surface area contributed by atoms with Gasteiger partial charge in [0.05, 0.1) is 39.5 Å². The van der Waals surface area contributed by atoms with Crippen molar-refractivity contribution in [2.24, 2.45) is 5.92 Å². The number of nitrogens with zero attached hydrogens (tertiary/aromatic N) is 2. The molecule has 1 saturated heterocycles. The summed E-state index contributed by atoms with van der Waals surface area (Å²) in [4.78, 5) is 57.5. The van der Waals surface area contributed by atoms with E-state index in [1.165, 1.54) is 12.0 Å². The van der Waals surface area contributed by atoms with Gasteiger partial charge in [-0.05, 0) is 101 Å². The number of ether oxygens (including phenoxy) is 4. The van der Waals surface area contributed by atoms with E-state index >= 15 is 0 Å². The molecule has 0 bridgehead atoms. The topological polar surface area (TPSA) is 148 Å². The second kappa shape index (κ2) is 17.0. The Hall–Kier alpha value is -5.30. The van der Waals surface area contributed by atoms with Crippen molar-refractivity contribution in [2.75, 3.05) is 38.5 Å². The van der Waals surface area contributed by atoms with Gasteiger partial charge in [0, 0.05) is 24.8 Å². The lowest BCUT2D eigenvalue weighted by Gasteiger charge is -2.30. The third-order valence-electron chi connectivity index (χ3n) is 9.97. The zero-order valence-corrected chi connectivity index (χ0v) is 33.4. The zero-order valence-electron chi connectivity index (χ0n) is 33.4. The van der Waals surface area contributed by atoms with Crippen LogP contribution in [0, 0.1) is 12.8 Å². The van der Waals surface area contributed by atoms with Gasteiger partial charge in [-0.3, -0.25) is 14.5 Å². The Morgan fingerprint density at radius 1 is 0.873 bits per heavy atom. The number of carbonyl (C=O) groups is 4. The maximum absolute atomic E-state index is 14.4. The number of esters is 1. The number of urea groups is 2. The molecule has 1 saturated carbocycles. The van der Waals surface area contributed by atoms with Gasteiger partial charge in [-0.15, -0.1) is 0 Å². The third-order valence-corrected chi connectivity index (χ3v) is 9.97. The Morgan fingerprint density at radius 2 is 1.55 bits per heavy atom. The van der Waals surface area contributed by atoms with Gasteiger partial charge >= 0.3 is 18.0 Å². The van der Waals surface area contributed by atoms with Crippen molar-refractivity contribution >= 4 is 35.3 Å². The smallest absolute Gasteiger partial charge is 0.328 e. The first-order chi connectivity index (χ1) is 26.0. The summed E-state index contributed by atoms with van der Waals surface area (Å²) in [6, 6.07) is 16.4. The van der Waals surface area contributed by atoms with Crippen molar-refractivity contribution in [1.29, 1.82) is 0 Å². The van der Waals surface area contributed by atoms with Crippen LogP contribution in [0.4, 0.5) is 21.0 Å². The summed E-state index contributed by atoms with van der Waals surface area (Å²) in [6.45, 7) is 11.3. The summed E-state index contributed by atoms with van der Waals surface area (Å²) < 4.78 is 22.3. The van der Waals surface area contributed by atoms with Crippen LogP contribution in [-0.4, -0.2) is 78.8 Å². The molecule has 0 radical (unpaired) electrons. The molecule has 55 heavy (non-hydrogen) atoms. The number of aryl methyl sites for hydroxylation is 1. The lowest BCUT2D eigenvalue weighted by atomic mass is 10.00. The average molecular weight is 758 g/mol. The van der Waals surface area contributed by atoms with Crippen LogP contribution in [0.2, 0.25) is 0 Å². The van der Waals surface area contributed by atoms with Gasteiger partial charge in [0.25, 0.3) is 5.91 Å². The molecule has 5 rings (SSSR count). The van der Waals surface area contributed by atoms with Crippen LogP contribution in [0.25, 0.3) is 0 Å². The summed E-state index contributed by atoms with van der Waals surface area (Å²) in [5.41, 5.74) is 1.75. The van der Waals surface area contributed by atoms with E-state index in [-0.39, 0.29) is 31.4 Å². The van der Waals surface area contributed by atoms with Gasteiger partial charge in [-0.1, -0.05) is 43.2 Å². The molecule has 2 atom stereocenters. The fourth-order valence-electron chi connectivity index (χ4n) is 6.79. The summed E-state index contributed by atoms with van der Waals surface area (Å²) >= 11 is 0. The highest BCUT2D eigenvalue weighted by Crippen LogP contribution is 2.39. The molecule has 1 aliphatic carbocycles. The van der Waals surface area contributed by atoms with Crippen molar-refractivity contribution < 1.29 is 38.1 Å². The number of hydrogen-bond acceptors (Lipinski definition) is 9. The molecule has 5 amide bonds. The number of amides is 5. The monoisotopic (exact) mass is 757 g/mol. The fraction of sp³-hybridized carbons (Fsp3) is 0.476. The van der Waals surface area contributed by atoms with E-state index < -0.39 is 35.3 Å². The Balaban J connectivity index is 1.35. The Kier molecular flexibility index (Phi) is 12.6. The number of benzene rings is 3. The van der Waals surface area contributed by atoms with Crippen molar-refractivity contribution in [3.63, 3.8) is 0 Å². The number of anilines is 2. The number of methoxy groups -OCH3 is 3. The van der Waals surface area contributed by atoms with Crippen LogP contribution >= 0.6 is 0 Å². The molecule has 2 unspecified atom stereocenters. The normalized spacial score (nSPS) is 16.4. The van der Waals surface area contributed by atoms with Crippen LogP contribution in [0.1, 0.15) is 83.0 Å². The first-order valence-electron chi connectivity index (χ1n) is 18.7. The minimum Gasteiger partial charge on any atom is -0.495 e. The lowest BCUT2D eigenvalue weighted by Crippen LogP contribution is -2.48. The van der Waals surface area contributed by atoms with Gasteiger partial charge in [-0.25, -0.2) is 9.59 Å². The van der Waals surface area contributed by atoms with Gasteiger partial charge in [0.15, 0.2) is 11.5 Å². The third kappa shape index (κ3) is 10.1. The SMILES string of the molecule is COc1cc(CN2C(=O)N(C(CNC(CC(=O)OC(C)(C)C)c3ccc(OC)c(OC)c3)CC3CC3)C(=O)C2(C)C)ccc1NC(=O)Nc1ccccc1C. The molecule has 0 spiro atoms. The highest BCUT2D eigenvalue weighted by atomic mass is 16.6. The number of nitrogens with one attached hydrogen (secondary N) is 3. The predicted octanol–water partition coefficient (Wildman–Crippen LogP) is 7.44. The fourth-order valence-corrected chi connectivity index (χ4v) is 6.79. The molecule has 3 aromatic carbocycles. The number of rotatable bonds is 16. The molecule has 1 aliphatic heterocycles. The molecule has 296 valence electrons. The minimum absolute atomic E-state index is 0.0165. The van der Waals surface area contributed by atoms with E-state index in [0.29, 0.717) is 41.0 Å². The van der Waals surface area contributed by atoms with E-state index in [9.17, 15) is 19.2 Å². The van der Waals surface area contributed by atoms with E-state index in [4.69, 9.17) is 18.9 Å². The van der Waals surface area contributed by atoms with Crippen LogP contribution in [-0.2, 0) is 20.9 Å². The highest BCUT2D eigenvalue weighted by Gasteiger charge is 2.53. The first kappa shape index (κ1) is 40.9. The first-order valence-corrected chi connectivity index (χ1v) is 18.7. The molecule has 3 N–H and O–H groups in total. The van der Waals surface area contributed by atoms with E-state index in [2.05, 4.69) is 16.0 Å². The molecular weight excluding hydrogens is 702 g/mol. The second-order valence-corrected chi connectivity index (χ2v) is 15.7. The highest BCUT2D eigenvalue weighted by molar-refractivity contribution is 6.07. The van der Waals surface area contributed by atoms with Gasteiger partial charge in [0.1, 0.15) is 16.9 Å². The van der Waals surface area contributed by atoms with Crippen molar-refractivity contribution in [2.45, 2.75) is 97.0 Å². The molecule has 3 aromatic rings. The summed E-state index contributed by atoms with van der Waals surface area (Å²) in [5, 5.41) is 9.21. The Labute approximate surface area is 324 Å². The van der Waals surface area contributed by atoms with Crippen LogP contribution < -0.4 is 30.2 Å². The largest absolute Gasteiger partial charge is 0.495 e. The van der Waals surface area contributed by atoms with E-state index in [1.807, 2.05) is 64.1 Å². The number of para-hydroxylation sites is 1. The average Bonchev–Trinajstić information content (AvgIpc) is 3.94. The van der Waals surface area contributed by atoms with E-state index in [1.54, 1.807) is 57.2 Å². The maximum Gasteiger partial charge on any atom is 0.328 e. The van der Waals surface area contributed by atoms with Gasteiger partial charge in [-0.2, -0.15) is 0 Å². The predicted molar refractivity (Wildman–Crippen MR) is 211 cm³/mol. The number of hydrogen-bond donors (Lipinski definition) is 3. The molecule has 13 heteroatoms. The minimum atomic E-state index is -1.14. The second-order valence-electron chi connectivity index (χ2n) is 15.7.